The van der Waals surface area contributed by atoms with Crippen LogP contribution >= 0.6 is 0 Å². The molecule has 1 amide bonds. The monoisotopic (exact) mass is 255 g/mol. The Kier molecular flexibility index (Phi) is 3.93. The van der Waals surface area contributed by atoms with Gasteiger partial charge in [-0.1, -0.05) is 18.2 Å². The van der Waals surface area contributed by atoms with Crippen LogP contribution in [-0.2, 0) is 9.59 Å². The molecule has 0 fully saturated rings. The van der Waals surface area contributed by atoms with Crippen LogP contribution in [0, 0.1) is 0 Å². The summed E-state index contributed by atoms with van der Waals surface area (Å²) in [6, 6.07) is 16.2. The fraction of sp³-hybridized carbons (Fsp3) is 0.0667. The number of hydrogen-bond donors (Lipinski definition) is 1. The lowest BCUT2D eigenvalue weighted by molar-refractivity contribution is -0.133. The topological polar surface area (TPSA) is 55.4 Å². The van der Waals surface area contributed by atoms with Crippen molar-refractivity contribution >= 4 is 17.4 Å². The van der Waals surface area contributed by atoms with Gasteiger partial charge in [0.1, 0.15) is 11.5 Å². The number of amides is 1. The summed E-state index contributed by atoms with van der Waals surface area (Å²) in [7, 11) is 0. The van der Waals surface area contributed by atoms with Crippen LogP contribution in [0.4, 0.5) is 5.69 Å². The fourth-order valence-corrected chi connectivity index (χ4v) is 1.45. The fourth-order valence-electron chi connectivity index (χ4n) is 1.45. The standard InChI is InChI=1S/C15H13NO3/c1-11(17)15(18)16-12-7-9-14(10-8-12)19-13-5-3-2-4-6-13/h2-10H,1H3,(H,16,18). The Labute approximate surface area is 111 Å². The van der Waals surface area contributed by atoms with E-state index in [4.69, 9.17) is 4.74 Å². The van der Waals surface area contributed by atoms with Crippen LogP contribution in [0.3, 0.4) is 0 Å². The smallest absolute Gasteiger partial charge is 0.291 e. The number of nitrogens with one attached hydrogen (secondary N) is 1. The summed E-state index contributed by atoms with van der Waals surface area (Å²) in [4.78, 5) is 22.0. The van der Waals surface area contributed by atoms with Gasteiger partial charge < -0.3 is 10.1 Å². The van der Waals surface area contributed by atoms with Gasteiger partial charge in [-0.05, 0) is 36.4 Å². The minimum Gasteiger partial charge on any atom is -0.457 e. The Morgan fingerprint density at radius 2 is 1.47 bits per heavy atom. The Morgan fingerprint density at radius 1 is 0.895 bits per heavy atom. The van der Waals surface area contributed by atoms with Crippen molar-refractivity contribution < 1.29 is 14.3 Å². The molecule has 0 atom stereocenters. The molecule has 0 heterocycles. The lowest BCUT2D eigenvalue weighted by atomic mass is 10.3. The Balaban J connectivity index is 2.03. The molecule has 0 spiro atoms. The molecule has 4 nitrogen and oxygen atoms in total. The second-order valence-electron chi connectivity index (χ2n) is 3.95. The molecule has 0 saturated carbocycles. The second kappa shape index (κ2) is 5.82. The molecule has 0 aliphatic carbocycles. The number of Topliss-reactive ketones (excluding diaryl/α,β-unsaturated/α-hetero) is 1. The van der Waals surface area contributed by atoms with Crippen molar-refractivity contribution in [1.82, 2.24) is 0 Å². The normalized spacial score (nSPS) is 9.74. The van der Waals surface area contributed by atoms with Gasteiger partial charge in [0.05, 0.1) is 0 Å². The van der Waals surface area contributed by atoms with E-state index in [-0.39, 0.29) is 0 Å². The van der Waals surface area contributed by atoms with E-state index in [1.165, 1.54) is 6.92 Å². The van der Waals surface area contributed by atoms with Crippen LogP contribution in [-0.4, -0.2) is 11.7 Å². The van der Waals surface area contributed by atoms with Gasteiger partial charge in [0, 0.05) is 12.6 Å². The molecule has 19 heavy (non-hydrogen) atoms. The van der Waals surface area contributed by atoms with Crippen molar-refractivity contribution in [2.75, 3.05) is 5.32 Å². The maximum Gasteiger partial charge on any atom is 0.291 e. The largest absolute Gasteiger partial charge is 0.457 e. The molecule has 2 aromatic carbocycles. The summed E-state index contributed by atoms with van der Waals surface area (Å²) in [5.41, 5.74) is 0.556. The third kappa shape index (κ3) is 3.67. The average molecular weight is 255 g/mol. The molecule has 2 rings (SSSR count). The molecular weight excluding hydrogens is 242 g/mol. The molecule has 0 radical (unpaired) electrons. The van der Waals surface area contributed by atoms with Crippen molar-refractivity contribution in [2.24, 2.45) is 0 Å². The van der Waals surface area contributed by atoms with Crippen LogP contribution in [0.15, 0.2) is 54.6 Å². The van der Waals surface area contributed by atoms with E-state index < -0.39 is 11.7 Å². The number of carbonyl (C=O) groups is 2. The lowest BCUT2D eigenvalue weighted by Gasteiger charge is -2.07. The molecule has 2 aromatic rings. The number of hydrogen-bond acceptors (Lipinski definition) is 3. The van der Waals surface area contributed by atoms with Crippen molar-refractivity contribution in [1.29, 1.82) is 0 Å². The van der Waals surface area contributed by atoms with E-state index in [2.05, 4.69) is 5.32 Å². The first kappa shape index (κ1) is 12.8. The number of para-hydroxylation sites is 1. The zero-order chi connectivity index (χ0) is 13.7. The lowest BCUT2D eigenvalue weighted by Crippen LogP contribution is -2.19. The summed E-state index contributed by atoms with van der Waals surface area (Å²) in [5, 5.41) is 2.49. The van der Waals surface area contributed by atoms with Gasteiger partial charge in [0.25, 0.3) is 5.91 Å². The van der Waals surface area contributed by atoms with Gasteiger partial charge in [0.2, 0.25) is 5.78 Å². The molecule has 4 heteroatoms. The zero-order valence-electron chi connectivity index (χ0n) is 10.4. The molecule has 1 N–H and O–H groups in total. The van der Waals surface area contributed by atoms with Gasteiger partial charge in [-0.3, -0.25) is 9.59 Å². The minimum absolute atomic E-state index is 0.524. The third-order valence-corrected chi connectivity index (χ3v) is 2.41. The molecule has 0 aliphatic rings. The Morgan fingerprint density at radius 3 is 2.05 bits per heavy atom. The SMILES string of the molecule is CC(=O)C(=O)Nc1ccc(Oc2ccccc2)cc1. The van der Waals surface area contributed by atoms with E-state index in [0.717, 1.165) is 5.75 Å². The molecule has 0 saturated heterocycles. The Bertz CT molecular complexity index is 576. The van der Waals surface area contributed by atoms with Crippen molar-refractivity contribution in [3.8, 4) is 11.5 Å². The molecule has 0 bridgehead atoms. The van der Waals surface area contributed by atoms with E-state index in [1.807, 2.05) is 30.3 Å². The first-order valence-electron chi connectivity index (χ1n) is 5.80. The number of anilines is 1. The number of ketones is 1. The van der Waals surface area contributed by atoms with E-state index in [1.54, 1.807) is 24.3 Å². The highest BCUT2D eigenvalue weighted by atomic mass is 16.5. The zero-order valence-corrected chi connectivity index (χ0v) is 10.4. The first-order valence-corrected chi connectivity index (χ1v) is 5.80. The predicted octanol–water partition coefficient (Wildman–Crippen LogP) is 3.01. The molecular formula is C15H13NO3. The highest BCUT2D eigenvalue weighted by Crippen LogP contribution is 2.22. The number of carbonyl (C=O) groups excluding carboxylic acids is 2. The van der Waals surface area contributed by atoms with Crippen molar-refractivity contribution in [2.45, 2.75) is 6.92 Å². The third-order valence-electron chi connectivity index (χ3n) is 2.41. The summed E-state index contributed by atoms with van der Waals surface area (Å²) in [6.45, 7) is 1.22. The van der Waals surface area contributed by atoms with Crippen molar-refractivity contribution in [3.63, 3.8) is 0 Å². The average Bonchev–Trinajstić information content (AvgIpc) is 2.42. The van der Waals surface area contributed by atoms with Gasteiger partial charge >= 0.3 is 0 Å². The van der Waals surface area contributed by atoms with Gasteiger partial charge in [0.15, 0.2) is 0 Å². The van der Waals surface area contributed by atoms with Crippen LogP contribution < -0.4 is 10.1 Å². The molecule has 0 aliphatic heterocycles. The summed E-state index contributed by atoms with van der Waals surface area (Å²) in [5.74, 6) is 0.247. The number of ether oxygens (including phenoxy) is 1. The number of rotatable bonds is 4. The van der Waals surface area contributed by atoms with Gasteiger partial charge in [-0.2, -0.15) is 0 Å². The maximum absolute atomic E-state index is 11.2. The Hall–Kier alpha value is -2.62. The molecule has 96 valence electrons. The van der Waals surface area contributed by atoms with Gasteiger partial charge in [-0.15, -0.1) is 0 Å². The second-order valence-corrected chi connectivity index (χ2v) is 3.95. The number of benzene rings is 2. The molecule has 0 unspecified atom stereocenters. The highest BCUT2D eigenvalue weighted by molar-refractivity contribution is 6.39. The van der Waals surface area contributed by atoms with Crippen LogP contribution in [0.5, 0.6) is 11.5 Å². The summed E-state index contributed by atoms with van der Waals surface area (Å²) >= 11 is 0. The summed E-state index contributed by atoms with van der Waals surface area (Å²) < 4.78 is 5.61. The van der Waals surface area contributed by atoms with E-state index in [9.17, 15) is 9.59 Å². The first-order chi connectivity index (χ1) is 9.15. The highest BCUT2D eigenvalue weighted by Gasteiger charge is 2.07. The summed E-state index contributed by atoms with van der Waals surface area (Å²) in [6.07, 6.45) is 0. The van der Waals surface area contributed by atoms with E-state index >= 15 is 0 Å². The predicted molar refractivity (Wildman–Crippen MR) is 72.3 cm³/mol. The van der Waals surface area contributed by atoms with Crippen molar-refractivity contribution in [3.05, 3.63) is 54.6 Å². The van der Waals surface area contributed by atoms with Crippen LogP contribution in [0.1, 0.15) is 6.92 Å². The maximum atomic E-state index is 11.2. The van der Waals surface area contributed by atoms with Gasteiger partial charge in [-0.25, -0.2) is 0 Å². The van der Waals surface area contributed by atoms with E-state index in [0.29, 0.717) is 11.4 Å². The van der Waals surface area contributed by atoms with Crippen LogP contribution in [0.2, 0.25) is 0 Å². The van der Waals surface area contributed by atoms with Crippen LogP contribution in [0.25, 0.3) is 0 Å². The minimum atomic E-state index is -0.628. The molecule has 0 aromatic heterocycles. The quantitative estimate of drug-likeness (QED) is 0.854.